The quantitative estimate of drug-likeness (QED) is 0.148. The molecule has 0 fully saturated rings. The highest BCUT2D eigenvalue weighted by Crippen LogP contribution is 2.30. The number of rotatable bonds is 0. The van der Waals surface area contributed by atoms with Crippen molar-refractivity contribution in [3.05, 3.63) is 211 Å². The molecule has 65 heavy (non-hydrogen) atoms. The summed E-state index contributed by atoms with van der Waals surface area (Å²) in [6.07, 6.45) is 32.2. The fourth-order valence-electron chi connectivity index (χ4n) is 11.0. The highest BCUT2D eigenvalue weighted by Gasteiger charge is 2.13. The maximum Gasteiger partial charge on any atom is 0.106 e. The predicted octanol–water partition coefficient (Wildman–Crippen LogP) is 17.0. The standard InChI is InChI=1S/2C14H14.C10H12.C9H10.C8H10O.C8H10S/c1-3-7-13-11(5-1)9-10-12-6-2-4-8-14(12)13;1-2-6-12-10-14-8-4-3-7-13(14)9-11(12)5-1;1-2-6-10-8-4-3-7-9(10)5-1;1-2-5-9-7-3-6-8(9)4-1;2*1-2-4-8-7(3-1)5-6-9-8/h1,3,5,7,9-10H,2,4,6,8H2;1-2,5-6,9-10H,3-4,7-8H2;1-2,5-6H,3-4,7-8H2;1-2,4-5H,3,6-7H2;2*5-6H,1-4H2. The summed E-state index contributed by atoms with van der Waals surface area (Å²) < 4.78 is 5.26. The molecule has 0 unspecified atom stereocenters. The first kappa shape index (κ1) is 45.0. The monoisotopic (exact) mass is 875 g/mol. The molecule has 0 spiro atoms. The highest BCUT2D eigenvalue weighted by molar-refractivity contribution is 7.10. The van der Waals surface area contributed by atoms with Gasteiger partial charge < -0.3 is 4.42 Å². The summed E-state index contributed by atoms with van der Waals surface area (Å²) in [5.74, 6) is 1.22. The van der Waals surface area contributed by atoms with E-state index in [1.807, 2.05) is 11.3 Å². The zero-order chi connectivity index (χ0) is 43.9. The Morgan fingerprint density at radius 2 is 0.769 bits per heavy atom. The van der Waals surface area contributed by atoms with Crippen LogP contribution in [0.5, 0.6) is 0 Å². The molecular formula is C63H70OS. The number of aryl methyl sites for hydroxylation is 12. The normalized spacial score (nSPS) is 16.1. The van der Waals surface area contributed by atoms with E-state index in [2.05, 4.69) is 139 Å². The van der Waals surface area contributed by atoms with E-state index in [1.165, 1.54) is 174 Å². The molecule has 6 aliphatic rings. The van der Waals surface area contributed by atoms with E-state index in [9.17, 15) is 0 Å². The van der Waals surface area contributed by atoms with Crippen molar-refractivity contribution >= 4 is 32.9 Å². The summed E-state index contributed by atoms with van der Waals surface area (Å²) in [7, 11) is 0. The minimum atomic E-state index is 1.16. The second-order valence-corrected chi connectivity index (χ2v) is 20.1. The van der Waals surface area contributed by atoms with Crippen LogP contribution in [-0.2, 0) is 77.0 Å². The lowest BCUT2D eigenvalue weighted by Gasteiger charge is -2.17. The van der Waals surface area contributed by atoms with Gasteiger partial charge >= 0.3 is 0 Å². The third kappa shape index (κ3) is 12.2. The Labute approximate surface area is 394 Å². The number of thiophene rings is 1. The molecule has 0 saturated carbocycles. The van der Waals surface area contributed by atoms with Gasteiger partial charge in [0, 0.05) is 11.3 Å². The largest absolute Gasteiger partial charge is 0.469 e. The summed E-state index contributed by atoms with van der Waals surface area (Å²) in [6.45, 7) is 0. The summed E-state index contributed by atoms with van der Waals surface area (Å²) in [4.78, 5) is 1.64. The topological polar surface area (TPSA) is 13.1 Å². The van der Waals surface area contributed by atoms with Crippen LogP contribution in [0.25, 0.3) is 21.5 Å². The minimum Gasteiger partial charge on any atom is -0.469 e. The average Bonchev–Trinajstić information content (AvgIpc) is 4.19. The summed E-state index contributed by atoms with van der Waals surface area (Å²) in [6, 6.07) is 48.7. The van der Waals surface area contributed by atoms with Gasteiger partial charge in [-0.2, -0.15) is 0 Å². The molecule has 2 heterocycles. The Hall–Kier alpha value is -5.18. The number of fused-ring (bicyclic) bond motifs is 9. The second-order valence-electron chi connectivity index (χ2n) is 19.1. The smallest absolute Gasteiger partial charge is 0.106 e. The maximum absolute atomic E-state index is 5.26. The van der Waals surface area contributed by atoms with Crippen molar-refractivity contribution in [2.45, 2.75) is 148 Å². The molecule has 0 amide bonds. The molecule has 14 rings (SSSR count). The Kier molecular flexibility index (Phi) is 16.1. The van der Waals surface area contributed by atoms with Gasteiger partial charge in [-0.1, -0.05) is 121 Å². The van der Waals surface area contributed by atoms with Crippen molar-refractivity contribution in [2.75, 3.05) is 0 Å². The zero-order valence-corrected chi connectivity index (χ0v) is 39.8. The molecule has 0 radical (unpaired) electrons. The van der Waals surface area contributed by atoms with Crippen LogP contribution in [0.1, 0.15) is 137 Å². The maximum atomic E-state index is 5.26. The highest BCUT2D eigenvalue weighted by atomic mass is 32.1. The van der Waals surface area contributed by atoms with E-state index >= 15 is 0 Å². The average molecular weight is 875 g/mol. The van der Waals surface area contributed by atoms with Gasteiger partial charge in [0.25, 0.3) is 0 Å². The van der Waals surface area contributed by atoms with Gasteiger partial charge in [0.15, 0.2) is 0 Å². The van der Waals surface area contributed by atoms with Crippen LogP contribution in [-0.4, -0.2) is 0 Å². The van der Waals surface area contributed by atoms with E-state index in [1.54, 1.807) is 61.2 Å². The molecule has 2 heteroatoms. The van der Waals surface area contributed by atoms with E-state index in [4.69, 9.17) is 4.42 Å². The molecule has 0 N–H and O–H groups in total. The first-order chi connectivity index (χ1) is 32.2. The molecule has 0 saturated heterocycles. The van der Waals surface area contributed by atoms with Gasteiger partial charge in [-0.05, 0) is 236 Å². The van der Waals surface area contributed by atoms with Crippen LogP contribution in [0.4, 0.5) is 0 Å². The Balaban J connectivity index is 0.0000000995. The molecule has 0 bridgehead atoms. The van der Waals surface area contributed by atoms with Crippen LogP contribution < -0.4 is 0 Å². The molecule has 334 valence electrons. The van der Waals surface area contributed by atoms with Crippen LogP contribution >= 0.6 is 11.3 Å². The van der Waals surface area contributed by atoms with Crippen molar-refractivity contribution in [2.24, 2.45) is 0 Å². The predicted molar refractivity (Wildman–Crippen MR) is 279 cm³/mol. The van der Waals surface area contributed by atoms with E-state index in [-0.39, 0.29) is 0 Å². The lowest BCUT2D eigenvalue weighted by Crippen LogP contribution is -2.02. The molecule has 2 aromatic heterocycles. The van der Waals surface area contributed by atoms with Crippen molar-refractivity contribution < 1.29 is 4.42 Å². The van der Waals surface area contributed by atoms with Crippen LogP contribution in [0.3, 0.4) is 0 Å². The van der Waals surface area contributed by atoms with Gasteiger partial charge in [-0.25, -0.2) is 0 Å². The first-order valence-electron chi connectivity index (χ1n) is 25.5. The van der Waals surface area contributed by atoms with Gasteiger partial charge in [0.05, 0.1) is 6.26 Å². The molecule has 6 aromatic carbocycles. The lowest BCUT2D eigenvalue weighted by molar-refractivity contribution is 0.478. The zero-order valence-electron chi connectivity index (χ0n) is 38.9. The van der Waals surface area contributed by atoms with E-state index in [0.29, 0.717) is 0 Å². The Bertz CT molecular complexity index is 2540. The number of hydrogen-bond acceptors (Lipinski definition) is 2. The van der Waals surface area contributed by atoms with Crippen LogP contribution in [0.15, 0.2) is 150 Å². The molecule has 0 aliphatic heterocycles. The van der Waals surface area contributed by atoms with Crippen molar-refractivity contribution in [3.63, 3.8) is 0 Å². The fourth-order valence-corrected chi connectivity index (χ4v) is 12.0. The van der Waals surface area contributed by atoms with E-state index in [0.717, 1.165) is 6.42 Å². The van der Waals surface area contributed by atoms with Gasteiger partial charge in [-0.3, -0.25) is 0 Å². The molecule has 8 aromatic rings. The van der Waals surface area contributed by atoms with Crippen molar-refractivity contribution in [3.8, 4) is 0 Å². The Morgan fingerprint density at radius 3 is 1.37 bits per heavy atom. The Morgan fingerprint density at radius 1 is 0.308 bits per heavy atom. The van der Waals surface area contributed by atoms with Crippen LogP contribution in [0.2, 0.25) is 0 Å². The SMILES string of the molecule is c1cc2c(o1)CCCC2.c1cc2c(s1)CCCC2.c1ccc2c(c1)CCC2.c1ccc2c(c1)CCCC2.c1ccc2c3c(ccc2c1)CCCC3.c1ccc2cc3c(cc2c1)CCCC3. The number of furan rings is 1. The third-order valence-corrected chi connectivity index (χ3v) is 15.6. The first-order valence-corrected chi connectivity index (χ1v) is 26.4. The second kappa shape index (κ2) is 23.3. The summed E-state index contributed by atoms with van der Waals surface area (Å²) in [5.41, 5.74) is 15.7. The third-order valence-electron chi connectivity index (χ3n) is 14.6. The summed E-state index contributed by atoms with van der Waals surface area (Å²) in [5, 5.41) is 7.88. The molecule has 0 atom stereocenters. The summed E-state index contributed by atoms with van der Waals surface area (Å²) >= 11 is 1.93. The molecule has 6 aliphatic carbocycles. The lowest BCUT2D eigenvalue weighted by atomic mass is 9.88. The van der Waals surface area contributed by atoms with E-state index < -0.39 is 0 Å². The van der Waals surface area contributed by atoms with Gasteiger partial charge in [0.1, 0.15) is 5.76 Å². The number of hydrogen-bond donors (Lipinski definition) is 0. The number of benzene rings is 6. The van der Waals surface area contributed by atoms with Crippen LogP contribution in [0, 0.1) is 0 Å². The fraction of sp³-hybridized carbons (Fsp3) is 0.365. The minimum absolute atomic E-state index is 1.16. The van der Waals surface area contributed by atoms with Gasteiger partial charge in [-0.15, -0.1) is 11.3 Å². The molecule has 1 nitrogen and oxygen atoms in total. The molecular weight excluding hydrogens is 805 g/mol. The van der Waals surface area contributed by atoms with Gasteiger partial charge in [0.2, 0.25) is 0 Å². The van der Waals surface area contributed by atoms with Crippen molar-refractivity contribution in [1.82, 2.24) is 0 Å². The van der Waals surface area contributed by atoms with Crippen molar-refractivity contribution in [1.29, 1.82) is 0 Å².